The number of allylic oxidation sites excluding steroid dienone is 1. The van der Waals surface area contributed by atoms with E-state index >= 15 is 0 Å². The average Bonchev–Trinajstić information content (AvgIpc) is 2.49. The van der Waals surface area contributed by atoms with E-state index < -0.39 is 0 Å². The summed E-state index contributed by atoms with van der Waals surface area (Å²) in [4.78, 5) is 11.0. The van der Waals surface area contributed by atoms with Gasteiger partial charge in [0.05, 0.1) is 6.33 Å². The molecule has 0 saturated carbocycles. The molecule has 0 amide bonds. The van der Waals surface area contributed by atoms with Crippen LogP contribution in [0.4, 0.5) is 5.95 Å². The van der Waals surface area contributed by atoms with Crippen molar-refractivity contribution < 1.29 is 0 Å². The molecular weight excluding hydrogens is 198 g/mol. The third kappa shape index (κ3) is 1.29. The lowest BCUT2D eigenvalue weighted by molar-refractivity contribution is 0.839. The van der Waals surface area contributed by atoms with Gasteiger partial charge in [-0.15, -0.1) is 6.58 Å². The Hall–Kier alpha value is -1.69. The predicted octanol–water partition coefficient (Wildman–Crippen LogP) is 1.26. The standard InChI is InChI=1S/C8H9N5S/c1-2-3-13-4-10-5-6(13)11-8(9)12-7(5)14/h2,4H,1,3H2,(H3,9,11,12,14). The van der Waals surface area contributed by atoms with Crippen LogP contribution < -0.4 is 5.73 Å². The van der Waals surface area contributed by atoms with Crippen molar-refractivity contribution in [3.05, 3.63) is 23.6 Å². The zero-order valence-electron chi connectivity index (χ0n) is 7.40. The largest absolute Gasteiger partial charge is 0.369 e. The lowest BCUT2D eigenvalue weighted by atomic mass is 10.5. The molecule has 72 valence electrons. The lowest BCUT2D eigenvalue weighted by Crippen LogP contribution is -1.99. The first-order valence-electron chi connectivity index (χ1n) is 4.04. The van der Waals surface area contributed by atoms with Crippen LogP contribution in [-0.2, 0) is 6.54 Å². The van der Waals surface area contributed by atoms with Gasteiger partial charge in [-0.05, 0) is 0 Å². The van der Waals surface area contributed by atoms with Gasteiger partial charge in [0.25, 0.3) is 0 Å². The molecule has 6 heteroatoms. The number of nitrogens with one attached hydrogen (secondary N) is 1. The first kappa shape index (κ1) is 8.89. The highest BCUT2D eigenvalue weighted by Crippen LogP contribution is 2.11. The Kier molecular flexibility index (Phi) is 2.05. The first-order valence-corrected chi connectivity index (χ1v) is 4.44. The number of rotatable bonds is 2. The summed E-state index contributed by atoms with van der Waals surface area (Å²) in [5, 5.41) is 0. The molecule has 0 saturated heterocycles. The van der Waals surface area contributed by atoms with E-state index in [2.05, 4.69) is 21.5 Å². The number of hydrogen-bond donors (Lipinski definition) is 2. The fourth-order valence-corrected chi connectivity index (χ4v) is 1.51. The molecule has 0 aliphatic rings. The van der Waals surface area contributed by atoms with Crippen molar-refractivity contribution in [2.45, 2.75) is 6.54 Å². The van der Waals surface area contributed by atoms with E-state index in [1.165, 1.54) is 0 Å². The van der Waals surface area contributed by atoms with Crippen LogP contribution in [0.25, 0.3) is 11.2 Å². The van der Waals surface area contributed by atoms with Crippen LogP contribution in [0.5, 0.6) is 0 Å². The number of H-pyrrole nitrogens is 1. The van der Waals surface area contributed by atoms with E-state index in [-0.39, 0.29) is 0 Å². The van der Waals surface area contributed by atoms with Crippen LogP contribution in [0, 0.1) is 4.64 Å². The number of imidazole rings is 1. The third-order valence-corrected chi connectivity index (χ3v) is 2.12. The molecule has 0 atom stereocenters. The first-order chi connectivity index (χ1) is 6.72. The van der Waals surface area contributed by atoms with Gasteiger partial charge in [-0.25, -0.2) is 9.97 Å². The number of nitrogen functional groups attached to an aromatic ring is 1. The van der Waals surface area contributed by atoms with Gasteiger partial charge in [-0.3, -0.25) is 0 Å². The quantitative estimate of drug-likeness (QED) is 0.574. The molecule has 0 fully saturated rings. The molecule has 2 aromatic rings. The molecule has 0 bridgehead atoms. The minimum Gasteiger partial charge on any atom is -0.369 e. The van der Waals surface area contributed by atoms with Gasteiger partial charge in [0.2, 0.25) is 0 Å². The van der Waals surface area contributed by atoms with Gasteiger partial charge in [0.15, 0.2) is 10.6 Å². The molecule has 2 heterocycles. The van der Waals surface area contributed by atoms with Gasteiger partial charge in [0, 0.05) is 6.54 Å². The minimum atomic E-state index is 0.299. The average molecular weight is 207 g/mol. The number of anilines is 1. The van der Waals surface area contributed by atoms with Crippen molar-refractivity contribution in [3.63, 3.8) is 0 Å². The van der Waals surface area contributed by atoms with Crippen molar-refractivity contribution >= 4 is 29.3 Å². The van der Waals surface area contributed by atoms with Crippen molar-refractivity contribution in [1.29, 1.82) is 0 Å². The summed E-state index contributed by atoms with van der Waals surface area (Å²) in [5.41, 5.74) is 6.99. The van der Waals surface area contributed by atoms with E-state index in [1.54, 1.807) is 12.4 Å². The van der Waals surface area contributed by atoms with Crippen molar-refractivity contribution in [3.8, 4) is 0 Å². The molecule has 2 aromatic heterocycles. The number of hydrogen-bond acceptors (Lipinski definition) is 4. The fraction of sp³-hybridized carbons (Fsp3) is 0.125. The molecule has 0 aliphatic carbocycles. The van der Waals surface area contributed by atoms with Gasteiger partial charge in [-0.2, -0.15) is 0 Å². The van der Waals surface area contributed by atoms with Crippen molar-refractivity contribution in [1.82, 2.24) is 19.5 Å². The van der Waals surface area contributed by atoms with E-state index in [9.17, 15) is 0 Å². The Morgan fingerprint density at radius 1 is 1.71 bits per heavy atom. The Bertz CT molecular complexity index is 538. The topological polar surface area (TPSA) is 72.5 Å². The number of fused-ring (bicyclic) bond motifs is 1. The Morgan fingerprint density at radius 3 is 3.21 bits per heavy atom. The van der Waals surface area contributed by atoms with Crippen molar-refractivity contribution in [2.75, 3.05) is 5.73 Å². The molecule has 0 radical (unpaired) electrons. The summed E-state index contributed by atoms with van der Waals surface area (Å²) in [6.45, 7) is 4.31. The molecule has 0 aliphatic heterocycles. The van der Waals surface area contributed by atoms with Gasteiger partial charge in [0.1, 0.15) is 11.2 Å². The normalized spacial score (nSPS) is 10.6. The minimum absolute atomic E-state index is 0.299. The second kappa shape index (κ2) is 3.22. The zero-order chi connectivity index (χ0) is 10.1. The molecule has 5 nitrogen and oxygen atoms in total. The summed E-state index contributed by atoms with van der Waals surface area (Å²) >= 11 is 5.03. The van der Waals surface area contributed by atoms with E-state index in [1.807, 2.05) is 4.57 Å². The maximum atomic E-state index is 5.55. The molecule has 2 rings (SSSR count). The second-order valence-electron chi connectivity index (χ2n) is 2.81. The van der Waals surface area contributed by atoms with Crippen LogP contribution in [0.3, 0.4) is 0 Å². The summed E-state index contributed by atoms with van der Waals surface area (Å²) in [5.74, 6) is 0.299. The summed E-state index contributed by atoms with van der Waals surface area (Å²) in [6, 6.07) is 0. The fourth-order valence-electron chi connectivity index (χ4n) is 1.26. The summed E-state index contributed by atoms with van der Waals surface area (Å²) in [7, 11) is 0. The van der Waals surface area contributed by atoms with Crippen LogP contribution >= 0.6 is 12.2 Å². The smallest absolute Gasteiger partial charge is 0.200 e. The van der Waals surface area contributed by atoms with Crippen LogP contribution in [0.1, 0.15) is 0 Å². The highest BCUT2D eigenvalue weighted by atomic mass is 32.1. The maximum Gasteiger partial charge on any atom is 0.200 e. The Balaban J connectivity index is 2.78. The lowest BCUT2D eigenvalue weighted by Gasteiger charge is -1.99. The predicted molar refractivity (Wildman–Crippen MR) is 57.3 cm³/mol. The van der Waals surface area contributed by atoms with Crippen LogP contribution in [0.15, 0.2) is 19.0 Å². The Labute approximate surface area is 85.3 Å². The highest BCUT2D eigenvalue weighted by Gasteiger charge is 2.04. The van der Waals surface area contributed by atoms with Gasteiger partial charge in [-0.1, -0.05) is 18.3 Å². The second-order valence-corrected chi connectivity index (χ2v) is 3.20. The number of aromatic amines is 1. The van der Waals surface area contributed by atoms with Gasteiger partial charge >= 0.3 is 0 Å². The number of nitrogens with zero attached hydrogens (tertiary/aromatic N) is 3. The zero-order valence-corrected chi connectivity index (χ0v) is 8.21. The molecule has 3 N–H and O–H groups in total. The number of nitrogens with two attached hydrogens (primary N) is 1. The van der Waals surface area contributed by atoms with Crippen LogP contribution in [-0.4, -0.2) is 19.5 Å². The summed E-state index contributed by atoms with van der Waals surface area (Å²) < 4.78 is 2.29. The number of aromatic nitrogens is 4. The van der Waals surface area contributed by atoms with E-state index in [0.717, 1.165) is 5.65 Å². The Morgan fingerprint density at radius 2 is 2.50 bits per heavy atom. The van der Waals surface area contributed by atoms with E-state index in [0.29, 0.717) is 22.7 Å². The van der Waals surface area contributed by atoms with Crippen molar-refractivity contribution in [2.24, 2.45) is 0 Å². The third-order valence-electron chi connectivity index (χ3n) is 1.83. The molecular formula is C8H9N5S. The molecule has 0 aromatic carbocycles. The molecule has 0 spiro atoms. The van der Waals surface area contributed by atoms with Crippen LogP contribution in [0.2, 0.25) is 0 Å². The monoisotopic (exact) mass is 207 g/mol. The molecule has 14 heavy (non-hydrogen) atoms. The maximum absolute atomic E-state index is 5.55. The van der Waals surface area contributed by atoms with Gasteiger partial charge < -0.3 is 15.3 Å². The van der Waals surface area contributed by atoms with E-state index in [4.69, 9.17) is 18.0 Å². The SMILES string of the molecule is C=CCn1cnc2c(=S)nc(N)[nH]c21. The molecule has 0 unspecified atom stereocenters. The highest BCUT2D eigenvalue weighted by molar-refractivity contribution is 7.71. The summed E-state index contributed by atoms with van der Waals surface area (Å²) in [6.07, 6.45) is 3.45.